The standard InChI is InChI=1S/C17H20N2O2/c20-16-10-17(12-21-16)5-8-19(9-6-17)11-13-2-1-3-15-14(13)4-7-18-15/h1-4,7,18H,5-6,8-12H2. The third-order valence-electron chi connectivity index (χ3n) is 5.05. The van der Waals surface area contributed by atoms with E-state index in [0.717, 1.165) is 32.5 Å². The van der Waals surface area contributed by atoms with Crippen LogP contribution in [0.25, 0.3) is 10.9 Å². The van der Waals surface area contributed by atoms with Gasteiger partial charge in [-0.15, -0.1) is 0 Å². The van der Waals surface area contributed by atoms with Crippen LogP contribution in [0, 0.1) is 5.41 Å². The topological polar surface area (TPSA) is 45.3 Å². The molecule has 0 aliphatic carbocycles. The lowest BCUT2D eigenvalue weighted by atomic mass is 9.78. The van der Waals surface area contributed by atoms with Crippen molar-refractivity contribution in [3.63, 3.8) is 0 Å². The van der Waals surface area contributed by atoms with Crippen LogP contribution in [0.1, 0.15) is 24.8 Å². The highest BCUT2D eigenvalue weighted by atomic mass is 16.5. The Balaban J connectivity index is 1.45. The molecule has 4 rings (SSSR count). The largest absolute Gasteiger partial charge is 0.465 e. The molecule has 4 heteroatoms. The fourth-order valence-corrected chi connectivity index (χ4v) is 3.68. The van der Waals surface area contributed by atoms with Crippen molar-refractivity contribution in [1.29, 1.82) is 0 Å². The number of aromatic nitrogens is 1. The van der Waals surface area contributed by atoms with Crippen LogP contribution in [0.4, 0.5) is 0 Å². The molecule has 3 heterocycles. The second-order valence-electron chi connectivity index (χ2n) is 6.47. The van der Waals surface area contributed by atoms with Crippen molar-refractivity contribution in [2.24, 2.45) is 5.41 Å². The second-order valence-corrected chi connectivity index (χ2v) is 6.47. The number of likely N-dealkylation sites (tertiary alicyclic amines) is 1. The molecule has 2 aliphatic rings. The van der Waals surface area contributed by atoms with E-state index in [4.69, 9.17) is 4.74 Å². The van der Waals surface area contributed by atoms with E-state index in [9.17, 15) is 4.79 Å². The third-order valence-corrected chi connectivity index (χ3v) is 5.05. The van der Waals surface area contributed by atoms with Crippen LogP contribution in [0.15, 0.2) is 30.5 Å². The quantitative estimate of drug-likeness (QED) is 0.862. The first-order valence-corrected chi connectivity index (χ1v) is 7.67. The molecule has 21 heavy (non-hydrogen) atoms. The Labute approximate surface area is 124 Å². The SMILES string of the molecule is O=C1CC2(CCN(Cc3cccc4[nH]ccc34)CC2)CO1. The number of nitrogens with one attached hydrogen (secondary N) is 1. The van der Waals surface area contributed by atoms with Crippen molar-refractivity contribution in [3.8, 4) is 0 Å². The zero-order chi connectivity index (χ0) is 14.3. The molecule has 0 radical (unpaired) electrons. The molecule has 0 saturated carbocycles. The van der Waals surface area contributed by atoms with Gasteiger partial charge in [0.1, 0.15) is 0 Å². The smallest absolute Gasteiger partial charge is 0.306 e. The van der Waals surface area contributed by atoms with E-state index in [1.807, 2.05) is 6.20 Å². The van der Waals surface area contributed by atoms with Gasteiger partial charge in [-0.1, -0.05) is 12.1 Å². The summed E-state index contributed by atoms with van der Waals surface area (Å²) in [6, 6.07) is 8.59. The average Bonchev–Trinajstić information content (AvgIpc) is 3.10. The number of ether oxygens (including phenoxy) is 1. The average molecular weight is 284 g/mol. The van der Waals surface area contributed by atoms with Gasteiger partial charge in [0.2, 0.25) is 0 Å². The molecule has 2 saturated heterocycles. The molecule has 2 aliphatic heterocycles. The van der Waals surface area contributed by atoms with Gasteiger partial charge in [0, 0.05) is 29.1 Å². The first-order chi connectivity index (χ1) is 10.2. The number of esters is 1. The molecular formula is C17H20N2O2. The van der Waals surface area contributed by atoms with Crippen molar-refractivity contribution in [1.82, 2.24) is 9.88 Å². The lowest BCUT2D eigenvalue weighted by Gasteiger charge is -2.37. The highest BCUT2D eigenvalue weighted by Gasteiger charge is 2.42. The number of hydrogen-bond donors (Lipinski definition) is 1. The summed E-state index contributed by atoms with van der Waals surface area (Å²) in [5.41, 5.74) is 2.72. The van der Waals surface area contributed by atoms with Crippen LogP contribution in [-0.4, -0.2) is 35.5 Å². The number of carbonyl (C=O) groups is 1. The minimum Gasteiger partial charge on any atom is -0.465 e. The Morgan fingerprint density at radius 2 is 2.10 bits per heavy atom. The molecule has 4 nitrogen and oxygen atoms in total. The summed E-state index contributed by atoms with van der Waals surface area (Å²) in [4.78, 5) is 17.1. The van der Waals surface area contributed by atoms with E-state index < -0.39 is 0 Å². The second kappa shape index (κ2) is 4.88. The number of rotatable bonds is 2. The molecule has 0 atom stereocenters. The predicted octanol–water partition coefficient (Wildman–Crippen LogP) is 2.70. The Bertz CT molecular complexity index is 668. The molecule has 1 N–H and O–H groups in total. The van der Waals surface area contributed by atoms with E-state index in [1.165, 1.54) is 16.5 Å². The van der Waals surface area contributed by atoms with E-state index >= 15 is 0 Å². The van der Waals surface area contributed by atoms with Crippen LogP contribution >= 0.6 is 0 Å². The Kier molecular flexibility index (Phi) is 3.00. The Morgan fingerprint density at radius 1 is 1.24 bits per heavy atom. The summed E-state index contributed by atoms with van der Waals surface area (Å²) in [5.74, 6) is -0.0134. The van der Waals surface area contributed by atoms with Crippen LogP contribution < -0.4 is 0 Å². The lowest BCUT2D eigenvalue weighted by molar-refractivity contribution is -0.137. The van der Waals surface area contributed by atoms with Gasteiger partial charge in [0.05, 0.1) is 13.0 Å². The maximum atomic E-state index is 11.4. The number of carbonyl (C=O) groups excluding carboxylic acids is 1. The normalized spacial score (nSPS) is 22.0. The van der Waals surface area contributed by atoms with Gasteiger partial charge in [0.15, 0.2) is 0 Å². The number of fused-ring (bicyclic) bond motifs is 1. The first kappa shape index (κ1) is 12.9. The van der Waals surface area contributed by atoms with Gasteiger partial charge in [0.25, 0.3) is 0 Å². The summed E-state index contributed by atoms with van der Waals surface area (Å²) >= 11 is 0. The lowest BCUT2D eigenvalue weighted by Crippen LogP contribution is -2.40. The zero-order valence-electron chi connectivity index (χ0n) is 12.1. The Hall–Kier alpha value is -1.81. The number of cyclic esters (lactones) is 1. The van der Waals surface area contributed by atoms with Crippen molar-refractivity contribution >= 4 is 16.9 Å². The number of aromatic amines is 1. The van der Waals surface area contributed by atoms with Crippen LogP contribution in [0.5, 0.6) is 0 Å². The number of piperidine rings is 1. The van der Waals surface area contributed by atoms with Crippen molar-refractivity contribution in [2.45, 2.75) is 25.8 Å². The Morgan fingerprint density at radius 3 is 2.86 bits per heavy atom. The molecular weight excluding hydrogens is 264 g/mol. The summed E-state index contributed by atoms with van der Waals surface area (Å²) in [5, 5.41) is 1.32. The van der Waals surface area contributed by atoms with Crippen LogP contribution in [-0.2, 0) is 16.1 Å². The predicted molar refractivity (Wildman–Crippen MR) is 80.8 cm³/mol. The van der Waals surface area contributed by atoms with Gasteiger partial charge in [-0.05, 0) is 43.6 Å². The first-order valence-electron chi connectivity index (χ1n) is 7.67. The molecule has 0 unspecified atom stereocenters. The number of nitrogens with zero attached hydrogens (tertiary/aromatic N) is 1. The highest BCUT2D eigenvalue weighted by Crippen LogP contribution is 2.40. The number of hydrogen-bond acceptors (Lipinski definition) is 3. The summed E-state index contributed by atoms with van der Waals surface area (Å²) in [7, 11) is 0. The fourth-order valence-electron chi connectivity index (χ4n) is 3.68. The maximum absolute atomic E-state index is 11.4. The van der Waals surface area contributed by atoms with E-state index in [-0.39, 0.29) is 11.4 Å². The molecule has 1 spiro atoms. The van der Waals surface area contributed by atoms with Crippen LogP contribution in [0.2, 0.25) is 0 Å². The molecule has 0 amide bonds. The zero-order valence-corrected chi connectivity index (χ0v) is 12.1. The number of benzene rings is 1. The monoisotopic (exact) mass is 284 g/mol. The van der Waals surface area contributed by atoms with Gasteiger partial charge in [-0.3, -0.25) is 9.69 Å². The van der Waals surface area contributed by atoms with E-state index in [1.54, 1.807) is 0 Å². The minimum absolute atomic E-state index is 0.0134. The molecule has 0 bridgehead atoms. The molecule has 2 fully saturated rings. The summed E-state index contributed by atoms with van der Waals surface area (Å²) in [6.07, 6.45) is 4.76. The maximum Gasteiger partial charge on any atom is 0.306 e. The van der Waals surface area contributed by atoms with Gasteiger partial charge in [-0.2, -0.15) is 0 Å². The molecule has 1 aromatic heterocycles. The van der Waals surface area contributed by atoms with Gasteiger partial charge in [-0.25, -0.2) is 0 Å². The van der Waals surface area contributed by atoms with E-state index in [2.05, 4.69) is 34.1 Å². The number of H-pyrrole nitrogens is 1. The minimum atomic E-state index is -0.0134. The van der Waals surface area contributed by atoms with Gasteiger partial charge >= 0.3 is 5.97 Å². The van der Waals surface area contributed by atoms with E-state index in [0.29, 0.717) is 13.0 Å². The fraction of sp³-hybridized carbons (Fsp3) is 0.471. The molecule has 2 aromatic rings. The third kappa shape index (κ3) is 2.33. The molecule has 1 aromatic carbocycles. The van der Waals surface area contributed by atoms with Crippen molar-refractivity contribution in [2.75, 3.05) is 19.7 Å². The highest BCUT2D eigenvalue weighted by molar-refractivity contribution is 5.82. The molecule has 110 valence electrons. The van der Waals surface area contributed by atoms with Gasteiger partial charge < -0.3 is 9.72 Å². The summed E-state index contributed by atoms with van der Waals surface area (Å²) < 4.78 is 5.19. The van der Waals surface area contributed by atoms with Crippen molar-refractivity contribution < 1.29 is 9.53 Å². The summed E-state index contributed by atoms with van der Waals surface area (Å²) in [6.45, 7) is 3.72. The van der Waals surface area contributed by atoms with Crippen molar-refractivity contribution in [3.05, 3.63) is 36.0 Å². The van der Waals surface area contributed by atoms with Crippen LogP contribution in [0.3, 0.4) is 0 Å².